The molecule has 1 saturated heterocycles. The van der Waals surface area contributed by atoms with Gasteiger partial charge in [-0.05, 0) is 36.8 Å². The lowest BCUT2D eigenvalue weighted by Crippen LogP contribution is -2.65. The molecule has 2 heterocycles. The maximum absolute atomic E-state index is 13.1. The maximum atomic E-state index is 13.1. The molecule has 23 heavy (non-hydrogen) atoms. The molecule has 1 fully saturated rings. The number of nitrogens with zero attached hydrogens (tertiary/aromatic N) is 1. The molecule has 1 aliphatic heterocycles. The molecule has 0 N–H and O–H groups in total. The van der Waals surface area contributed by atoms with Gasteiger partial charge in [0.2, 0.25) is 5.91 Å². The van der Waals surface area contributed by atoms with Crippen LogP contribution in [-0.4, -0.2) is 5.91 Å². The van der Waals surface area contributed by atoms with E-state index in [1.165, 1.54) is 0 Å². The van der Waals surface area contributed by atoms with Crippen LogP contribution in [0.15, 0.2) is 83.5 Å². The number of amides is 1. The Hall–Kier alpha value is -2.81. The summed E-state index contributed by atoms with van der Waals surface area (Å²) in [4.78, 5) is 14.9. The van der Waals surface area contributed by atoms with Gasteiger partial charge in [0.1, 0.15) is 11.8 Å². The highest BCUT2D eigenvalue weighted by molar-refractivity contribution is 6.09. The molecule has 1 amide bonds. The first-order valence-electron chi connectivity index (χ1n) is 7.70. The highest BCUT2D eigenvalue weighted by atomic mass is 16.3. The number of furan rings is 1. The molecule has 0 bridgehead atoms. The van der Waals surface area contributed by atoms with Gasteiger partial charge in [-0.25, -0.2) is 0 Å². The van der Waals surface area contributed by atoms with Crippen molar-refractivity contribution >= 4 is 11.6 Å². The zero-order valence-electron chi connectivity index (χ0n) is 12.8. The fraction of sp³-hybridized carbons (Fsp3) is 0.150. The van der Waals surface area contributed by atoms with Crippen LogP contribution < -0.4 is 4.90 Å². The summed E-state index contributed by atoms with van der Waals surface area (Å²) in [7, 11) is 0. The highest BCUT2D eigenvalue weighted by Gasteiger charge is 2.60. The summed E-state index contributed by atoms with van der Waals surface area (Å²) in [5.41, 5.74) is 1.29. The summed E-state index contributed by atoms with van der Waals surface area (Å²) in [6.45, 7) is 2.00. The van der Waals surface area contributed by atoms with Gasteiger partial charge in [-0.3, -0.25) is 9.69 Å². The Labute approximate surface area is 135 Å². The number of carbonyl (C=O) groups excluding carboxylic acids is 1. The van der Waals surface area contributed by atoms with Crippen molar-refractivity contribution in [2.45, 2.75) is 18.4 Å². The Morgan fingerprint density at radius 2 is 1.57 bits per heavy atom. The molecule has 1 aromatic heterocycles. The van der Waals surface area contributed by atoms with E-state index in [1.807, 2.05) is 84.6 Å². The molecule has 3 nitrogen and oxygen atoms in total. The number of hydrogen-bond acceptors (Lipinski definition) is 2. The van der Waals surface area contributed by atoms with E-state index < -0.39 is 5.41 Å². The van der Waals surface area contributed by atoms with Crippen molar-refractivity contribution in [1.82, 2.24) is 0 Å². The molecule has 0 saturated carbocycles. The van der Waals surface area contributed by atoms with Crippen LogP contribution in [0.25, 0.3) is 0 Å². The van der Waals surface area contributed by atoms with Gasteiger partial charge in [-0.2, -0.15) is 0 Å². The van der Waals surface area contributed by atoms with E-state index in [1.54, 1.807) is 6.26 Å². The molecule has 4 rings (SSSR count). The van der Waals surface area contributed by atoms with Crippen LogP contribution in [0.2, 0.25) is 0 Å². The van der Waals surface area contributed by atoms with E-state index in [2.05, 4.69) is 0 Å². The Balaban J connectivity index is 1.84. The Morgan fingerprint density at radius 1 is 0.913 bits per heavy atom. The first kappa shape index (κ1) is 13.8. The Bertz CT molecular complexity index is 811. The molecule has 0 spiro atoms. The summed E-state index contributed by atoms with van der Waals surface area (Å²) in [6, 6.07) is 23.3. The lowest BCUT2D eigenvalue weighted by Gasteiger charge is -2.53. The molecule has 1 aliphatic rings. The third kappa shape index (κ3) is 1.93. The predicted octanol–water partition coefficient (Wildman–Crippen LogP) is 4.33. The van der Waals surface area contributed by atoms with Crippen molar-refractivity contribution in [3.63, 3.8) is 0 Å². The van der Waals surface area contributed by atoms with Crippen molar-refractivity contribution in [3.8, 4) is 0 Å². The van der Waals surface area contributed by atoms with Crippen LogP contribution >= 0.6 is 0 Å². The van der Waals surface area contributed by atoms with Gasteiger partial charge >= 0.3 is 0 Å². The van der Waals surface area contributed by atoms with Crippen molar-refractivity contribution in [2.24, 2.45) is 0 Å². The van der Waals surface area contributed by atoms with Gasteiger partial charge < -0.3 is 4.42 Å². The van der Waals surface area contributed by atoms with Crippen LogP contribution in [0.5, 0.6) is 0 Å². The molecule has 2 atom stereocenters. The summed E-state index contributed by atoms with van der Waals surface area (Å²) in [5.74, 6) is 0.899. The third-order valence-electron chi connectivity index (χ3n) is 4.69. The monoisotopic (exact) mass is 303 g/mol. The Kier molecular flexibility index (Phi) is 3.08. The zero-order valence-corrected chi connectivity index (χ0v) is 12.8. The van der Waals surface area contributed by atoms with Gasteiger partial charge in [0.25, 0.3) is 0 Å². The molecular formula is C20H17NO2. The first-order valence-corrected chi connectivity index (χ1v) is 7.70. The standard InChI is InChI=1S/C20H17NO2/c1-20(15-9-4-2-5-10-15)18(17-13-8-14-23-17)21(19(20)22)16-11-6-3-7-12-16/h2-14,18H,1H3/t18-,20-/m1/s1. The topological polar surface area (TPSA) is 33.5 Å². The SMILES string of the molecule is C[C@]1(c2ccccc2)C(=O)N(c2ccccc2)[C@@H]1c1ccco1. The lowest BCUT2D eigenvalue weighted by atomic mass is 9.66. The molecule has 2 aromatic carbocycles. The van der Waals surface area contributed by atoms with E-state index in [9.17, 15) is 4.79 Å². The van der Waals surface area contributed by atoms with Gasteiger partial charge in [0, 0.05) is 5.69 Å². The number of carbonyl (C=O) groups is 1. The highest BCUT2D eigenvalue weighted by Crippen LogP contribution is 2.53. The number of rotatable bonds is 3. The van der Waals surface area contributed by atoms with Crippen molar-refractivity contribution in [1.29, 1.82) is 0 Å². The number of hydrogen-bond donors (Lipinski definition) is 0. The van der Waals surface area contributed by atoms with Crippen LogP contribution in [0.3, 0.4) is 0 Å². The molecule has 0 aliphatic carbocycles. The second kappa shape index (κ2) is 5.13. The summed E-state index contributed by atoms with van der Waals surface area (Å²) < 4.78 is 5.66. The number of benzene rings is 2. The quantitative estimate of drug-likeness (QED) is 0.675. The molecule has 0 radical (unpaired) electrons. The summed E-state index contributed by atoms with van der Waals surface area (Å²) in [5, 5.41) is 0. The normalized spacial score (nSPS) is 23.6. The summed E-state index contributed by atoms with van der Waals surface area (Å²) >= 11 is 0. The van der Waals surface area contributed by atoms with Crippen molar-refractivity contribution in [2.75, 3.05) is 4.90 Å². The molecule has 114 valence electrons. The largest absolute Gasteiger partial charge is 0.467 e. The number of β-lactam (4-membered cyclic amide) rings is 1. The molecule has 0 unspecified atom stereocenters. The fourth-order valence-corrected chi connectivity index (χ4v) is 3.46. The van der Waals surface area contributed by atoms with Crippen LogP contribution in [0.4, 0.5) is 5.69 Å². The third-order valence-corrected chi connectivity index (χ3v) is 4.69. The number of para-hydroxylation sites is 1. The summed E-state index contributed by atoms with van der Waals surface area (Å²) in [6.07, 6.45) is 1.66. The second-order valence-electron chi connectivity index (χ2n) is 6.00. The van der Waals surface area contributed by atoms with E-state index >= 15 is 0 Å². The van der Waals surface area contributed by atoms with Crippen molar-refractivity contribution < 1.29 is 9.21 Å². The van der Waals surface area contributed by atoms with E-state index in [0.717, 1.165) is 17.0 Å². The molecule has 3 heteroatoms. The number of anilines is 1. The van der Waals surface area contributed by atoms with Crippen molar-refractivity contribution in [3.05, 3.63) is 90.4 Å². The maximum Gasteiger partial charge on any atom is 0.240 e. The van der Waals surface area contributed by atoms with Gasteiger partial charge in [-0.1, -0.05) is 48.5 Å². The van der Waals surface area contributed by atoms with Crippen LogP contribution in [0, 0.1) is 0 Å². The fourth-order valence-electron chi connectivity index (χ4n) is 3.46. The van der Waals surface area contributed by atoms with Crippen LogP contribution in [0.1, 0.15) is 24.3 Å². The van der Waals surface area contributed by atoms with E-state index in [4.69, 9.17) is 4.42 Å². The minimum Gasteiger partial charge on any atom is -0.467 e. The van der Waals surface area contributed by atoms with Gasteiger partial charge in [-0.15, -0.1) is 0 Å². The zero-order chi connectivity index (χ0) is 15.9. The first-order chi connectivity index (χ1) is 11.2. The molecule has 3 aromatic rings. The van der Waals surface area contributed by atoms with Gasteiger partial charge in [0.05, 0.1) is 11.7 Å². The minimum atomic E-state index is -0.616. The lowest BCUT2D eigenvalue weighted by molar-refractivity contribution is -0.132. The van der Waals surface area contributed by atoms with Crippen LogP contribution in [-0.2, 0) is 10.2 Å². The van der Waals surface area contributed by atoms with E-state index in [0.29, 0.717) is 0 Å². The Morgan fingerprint density at radius 3 is 2.17 bits per heavy atom. The molecular weight excluding hydrogens is 286 g/mol. The van der Waals surface area contributed by atoms with E-state index in [-0.39, 0.29) is 11.9 Å². The van der Waals surface area contributed by atoms with Gasteiger partial charge in [0.15, 0.2) is 0 Å². The second-order valence-corrected chi connectivity index (χ2v) is 6.00. The average molecular weight is 303 g/mol. The smallest absolute Gasteiger partial charge is 0.240 e. The minimum absolute atomic E-state index is 0.0938. The average Bonchev–Trinajstić information content (AvgIpc) is 3.13. The predicted molar refractivity (Wildman–Crippen MR) is 89.2 cm³/mol.